The van der Waals surface area contributed by atoms with Gasteiger partial charge < -0.3 is 9.53 Å². The standard InChI is InChI=1S/C31H56O2Si/c1-21(10-11-22(2)32)26-14-15-27-25-13-12-23-20-24(33-34(8,9)29(3,4)5)16-18-30(23,6)28(25)17-19-31(26,27)7/h12,21-22,24-28,32H,10-11,13-20H2,1-9H3/t21-,22+,24+,25+,26-,27+,28+,30+,31-/m1/s1. The zero-order valence-corrected chi connectivity index (χ0v) is 25.0. The summed E-state index contributed by atoms with van der Waals surface area (Å²) in [7, 11) is -1.71. The highest BCUT2D eigenvalue weighted by atomic mass is 28.4. The summed E-state index contributed by atoms with van der Waals surface area (Å²) in [6.45, 7) is 21.7. The average molecular weight is 489 g/mol. The van der Waals surface area contributed by atoms with Crippen LogP contribution >= 0.6 is 0 Å². The predicted octanol–water partition coefficient (Wildman–Crippen LogP) is 8.75. The molecule has 3 saturated carbocycles. The second-order valence-corrected chi connectivity index (χ2v) is 19.9. The van der Waals surface area contributed by atoms with E-state index in [2.05, 4.69) is 60.7 Å². The molecule has 0 radical (unpaired) electrons. The van der Waals surface area contributed by atoms with Crippen LogP contribution in [0.4, 0.5) is 0 Å². The van der Waals surface area contributed by atoms with E-state index < -0.39 is 8.32 Å². The van der Waals surface area contributed by atoms with Gasteiger partial charge >= 0.3 is 0 Å². The van der Waals surface area contributed by atoms with Gasteiger partial charge in [0, 0.05) is 6.10 Å². The first-order valence-electron chi connectivity index (χ1n) is 14.7. The van der Waals surface area contributed by atoms with E-state index in [1.54, 1.807) is 5.57 Å². The van der Waals surface area contributed by atoms with E-state index in [0.29, 0.717) is 22.0 Å². The van der Waals surface area contributed by atoms with Gasteiger partial charge in [-0.1, -0.05) is 53.2 Å². The van der Waals surface area contributed by atoms with Gasteiger partial charge in [0.05, 0.1) is 6.10 Å². The summed E-state index contributed by atoms with van der Waals surface area (Å²) in [5.41, 5.74) is 2.68. The Bertz CT molecular complexity index is 764. The maximum absolute atomic E-state index is 9.84. The summed E-state index contributed by atoms with van der Waals surface area (Å²) in [5, 5.41) is 10.1. The Morgan fingerprint density at radius 3 is 2.38 bits per heavy atom. The Labute approximate surface area is 212 Å². The van der Waals surface area contributed by atoms with E-state index in [1.165, 1.54) is 57.8 Å². The molecule has 9 atom stereocenters. The first kappa shape index (κ1) is 26.9. The molecule has 4 rings (SSSR count). The summed E-state index contributed by atoms with van der Waals surface area (Å²) in [4.78, 5) is 0. The molecule has 4 aliphatic carbocycles. The molecule has 34 heavy (non-hydrogen) atoms. The van der Waals surface area contributed by atoms with Crippen LogP contribution in [0.3, 0.4) is 0 Å². The molecule has 0 amide bonds. The van der Waals surface area contributed by atoms with Gasteiger partial charge in [0.2, 0.25) is 0 Å². The lowest BCUT2D eigenvalue weighted by Crippen LogP contribution is -2.52. The van der Waals surface area contributed by atoms with Crippen molar-refractivity contribution >= 4 is 8.32 Å². The Morgan fingerprint density at radius 1 is 1.03 bits per heavy atom. The van der Waals surface area contributed by atoms with Gasteiger partial charge in [0.15, 0.2) is 8.32 Å². The minimum absolute atomic E-state index is 0.152. The summed E-state index contributed by atoms with van der Waals surface area (Å²) in [6.07, 6.45) is 16.0. The van der Waals surface area contributed by atoms with E-state index in [9.17, 15) is 5.11 Å². The van der Waals surface area contributed by atoms with Crippen molar-refractivity contribution in [1.29, 1.82) is 0 Å². The van der Waals surface area contributed by atoms with Gasteiger partial charge in [-0.15, -0.1) is 0 Å². The maximum atomic E-state index is 9.84. The molecule has 0 aromatic heterocycles. The third-order valence-electron chi connectivity index (χ3n) is 12.1. The van der Waals surface area contributed by atoms with Crippen LogP contribution in [0.2, 0.25) is 18.1 Å². The highest BCUT2D eigenvalue weighted by molar-refractivity contribution is 6.74. The minimum atomic E-state index is -1.71. The number of aliphatic hydroxyl groups is 1. The normalized spacial score (nSPS) is 42.3. The number of allylic oxidation sites excluding steroid dienone is 1. The lowest BCUT2D eigenvalue weighted by molar-refractivity contribution is -0.0569. The molecular weight excluding hydrogens is 432 g/mol. The lowest BCUT2D eigenvalue weighted by atomic mass is 9.47. The molecule has 0 aromatic carbocycles. The first-order chi connectivity index (χ1) is 15.7. The highest BCUT2D eigenvalue weighted by Gasteiger charge is 2.59. The van der Waals surface area contributed by atoms with Gasteiger partial charge in [-0.2, -0.15) is 0 Å². The number of hydrogen-bond acceptors (Lipinski definition) is 2. The van der Waals surface area contributed by atoms with Crippen LogP contribution in [-0.2, 0) is 4.43 Å². The summed E-state index contributed by atoms with van der Waals surface area (Å²) in [6, 6.07) is 0. The lowest BCUT2D eigenvalue weighted by Gasteiger charge is -2.59. The summed E-state index contributed by atoms with van der Waals surface area (Å²) in [5.74, 6) is 4.27. The summed E-state index contributed by atoms with van der Waals surface area (Å²) >= 11 is 0. The summed E-state index contributed by atoms with van der Waals surface area (Å²) < 4.78 is 6.92. The average Bonchev–Trinajstić information content (AvgIpc) is 3.08. The molecule has 3 fully saturated rings. The van der Waals surface area contributed by atoms with Gasteiger partial charge in [0.25, 0.3) is 0 Å². The minimum Gasteiger partial charge on any atom is -0.414 e. The van der Waals surface area contributed by atoms with E-state index in [4.69, 9.17) is 4.43 Å². The van der Waals surface area contributed by atoms with Gasteiger partial charge in [-0.3, -0.25) is 0 Å². The number of hydrogen-bond donors (Lipinski definition) is 1. The number of rotatable bonds is 6. The zero-order valence-electron chi connectivity index (χ0n) is 24.0. The highest BCUT2D eigenvalue weighted by Crippen LogP contribution is 2.67. The molecule has 196 valence electrons. The Hall–Kier alpha value is -0.123. The maximum Gasteiger partial charge on any atom is 0.192 e. The second-order valence-electron chi connectivity index (χ2n) is 15.1. The van der Waals surface area contributed by atoms with Crippen molar-refractivity contribution in [2.45, 2.75) is 143 Å². The second kappa shape index (κ2) is 9.32. The van der Waals surface area contributed by atoms with Crippen molar-refractivity contribution < 1.29 is 9.53 Å². The first-order valence-corrected chi connectivity index (χ1v) is 17.7. The SMILES string of the molecule is C[C@H](O)CC[C@@H](C)[C@H]1CC[C@H]2[C@@H]3CC=C4C[C@@H](O[Si](C)(C)C(C)(C)C)CC[C@]4(C)[C@H]3CC[C@]12C. The molecule has 0 heterocycles. The molecule has 0 bridgehead atoms. The van der Waals surface area contributed by atoms with Crippen molar-refractivity contribution in [2.24, 2.45) is 40.4 Å². The van der Waals surface area contributed by atoms with Crippen LogP contribution in [0, 0.1) is 40.4 Å². The van der Waals surface area contributed by atoms with Crippen molar-refractivity contribution in [2.75, 3.05) is 0 Å². The van der Waals surface area contributed by atoms with Crippen LogP contribution < -0.4 is 0 Å². The monoisotopic (exact) mass is 488 g/mol. The fraction of sp³-hybridized carbons (Fsp3) is 0.935. The zero-order chi connectivity index (χ0) is 25.1. The smallest absolute Gasteiger partial charge is 0.192 e. The molecule has 0 saturated heterocycles. The Morgan fingerprint density at radius 2 is 1.74 bits per heavy atom. The third-order valence-corrected chi connectivity index (χ3v) is 16.7. The molecule has 3 heteroatoms. The number of fused-ring (bicyclic) bond motifs is 5. The molecule has 0 unspecified atom stereocenters. The van der Waals surface area contributed by atoms with E-state index in [1.807, 2.05) is 6.92 Å². The molecule has 0 aromatic rings. The topological polar surface area (TPSA) is 29.5 Å². The third kappa shape index (κ3) is 4.65. The van der Waals surface area contributed by atoms with Gasteiger partial charge in [-0.25, -0.2) is 0 Å². The molecule has 2 nitrogen and oxygen atoms in total. The fourth-order valence-corrected chi connectivity index (χ4v) is 10.4. The Balaban J connectivity index is 1.48. The largest absolute Gasteiger partial charge is 0.414 e. The van der Waals surface area contributed by atoms with Crippen molar-refractivity contribution in [3.8, 4) is 0 Å². The number of aliphatic hydroxyl groups excluding tert-OH is 1. The van der Waals surface area contributed by atoms with E-state index >= 15 is 0 Å². The van der Waals surface area contributed by atoms with Gasteiger partial charge in [-0.05, 0) is 130 Å². The predicted molar refractivity (Wildman–Crippen MR) is 147 cm³/mol. The molecule has 0 aliphatic heterocycles. The molecule has 1 N–H and O–H groups in total. The van der Waals surface area contributed by atoms with Crippen LogP contribution in [0.15, 0.2) is 11.6 Å². The molecule has 0 spiro atoms. The van der Waals surface area contributed by atoms with Crippen molar-refractivity contribution in [3.63, 3.8) is 0 Å². The van der Waals surface area contributed by atoms with Crippen LogP contribution in [0.25, 0.3) is 0 Å². The van der Waals surface area contributed by atoms with Gasteiger partial charge in [0.1, 0.15) is 0 Å². The van der Waals surface area contributed by atoms with Crippen molar-refractivity contribution in [1.82, 2.24) is 0 Å². The van der Waals surface area contributed by atoms with Crippen LogP contribution in [-0.4, -0.2) is 25.6 Å². The van der Waals surface area contributed by atoms with E-state index in [0.717, 1.165) is 36.0 Å². The Kier molecular flexibility index (Phi) is 7.38. The molecule has 4 aliphatic rings. The quantitative estimate of drug-likeness (QED) is 0.299. The molecular formula is C31H56O2Si. The van der Waals surface area contributed by atoms with Crippen molar-refractivity contribution in [3.05, 3.63) is 11.6 Å². The van der Waals surface area contributed by atoms with E-state index in [-0.39, 0.29) is 6.10 Å². The fourth-order valence-electron chi connectivity index (χ4n) is 9.00. The van der Waals surface area contributed by atoms with Crippen LogP contribution in [0.5, 0.6) is 0 Å². The van der Waals surface area contributed by atoms with Crippen LogP contribution in [0.1, 0.15) is 113 Å².